The van der Waals surface area contributed by atoms with Crippen molar-refractivity contribution in [2.24, 2.45) is 5.92 Å². The van der Waals surface area contributed by atoms with E-state index in [4.69, 9.17) is 4.63 Å². The number of hydrogen-bond donors (Lipinski definition) is 1. The first-order valence-corrected chi connectivity index (χ1v) is 6.89. The molecule has 0 spiro atoms. The van der Waals surface area contributed by atoms with Gasteiger partial charge in [-0.1, -0.05) is 10.3 Å². The van der Waals surface area contributed by atoms with E-state index in [1.807, 2.05) is 6.92 Å². The summed E-state index contributed by atoms with van der Waals surface area (Å²) in [5, 5.41) is 11.3. The third-order valence-electron chi connectivity index (χ3n) is 3.78. The van der Waals surface area contributed by atoms with Crippen molar-refractivity contribution in [3.63, 3.8) is 0 Å². The SMILES string of the molecule is Cc1nonc1CN(CC1CCNCC1)C(C)C. The average Bonchev–Trinajstić information content (AvgIpc) is 2.75. The summed E-state index contributed by atoms with van der Waals surface area (Å²) in [6.45, 7) is 10.7. The van der Waals surface area contributed by atoms with Gasteiger partial charge in [-0.25, -0.2) is 4.63 Å². The molecule has 0 atom stereocenters. The second kappa shape index (κ2) is 6.29. The van der Waals surface area contributed by atoms with Crippen molar-refractivity contribution >= 4 is 0 Å². The molecule has 0 radical (unpaired) electrons. The van der Waals surface area contributed by atoms with Crippen LogP contribution in [-0.2, 0) is 6.54 Å². The quantitative estimate of drug-likeness (QED) is 0.862. The fourth-order valence-corrected chi connectivity index (χ4v) is 2.44. The summed E-state index contributed by atoms with van der Waals surface area (Å²) in [4.78, 5) is 2.47. The van der Waals surface area contributed by atoms with E-state index < -0.39 is 0 Å². The van der Waals surface area contributed by atoms with Crippen LogP contribution < -0.4 is 5.32 Å². The van der Waals surface area contributed by atoms with E-state index in [0.717, 1.165) is 43.5 Å². The first-order chi connectivity index (χ1) is 8.66. The molecular formula is C13H24N4O. The van der Waals surface area contributed by atoms with Gasteiger partial charge in [-0.05, 0) is 52.6 Å². The molecule has 18 heavy (non-hydrogen) atoms. The van der Waals surface area contributed by atoms with Crippen LogP contribution in [0.15, 0.2) is 4.63 Å². The molecule has 1 N–H and O–H groups in total. The molecule has 0 unspecified atom stereocenters. The van der Waals surface area contributed by atoms with Crippen LogP contribution in [-0.4, -0.2) is 40.9 Å². The minimum atomic E-state index is 0.524. The van der Waals surface area contributed by atoms with Gasteiger partial charge in [0.2, 0.25) is 0 Å². The number of rotatable bonds is 5. The molecule has 1 aromatic heterocycles. The minimum absolute atomic E-state index is 0.524. The maximum atomic E-state index is 4.78. The lowest BCUT2D eigenvalue weighted by molar-refractivity contribution is 0.157. The van der Waals surface area contributed by atoms with E-state index in [2.05, 4.69) is 34.4 Å². The van der Waals surface area contributed by atoms with Crippen LogP contribution in [0.4, 0.5) is 0 Å². The van der Waals surface area contributed by atoms with E-state index in [-0.39, 0.29) is 0 Å². The second-order valence-electron chi connectivity index (χ2n) is 5.51. The van der Waals surface area contributed by atoms with Crippen LogP contribution in [0.2, 0.25) is 0 Å². The summed E-state index contributed by atoms with van der Waals surface area (Å²) in [7, 11) is 0. The van der Waals surface area contributed by atoms with Crippen molar-refractivity contribution in [3.8, 4) is 0 Å². The number of aryl methyl sites for hydroxylation is 1. The average molecular weight is 252 g/mol. The van der Waals surface area contributed by atoms with Gasteiger partial charge in [-0.3, -0.25) is 4.90 Å². The van der Waals surface area contributed by atoms with Crippen molar-refractivity contribution in [2.45, 2.75) is 46.2 Å². The molecule has 1 aromatic rings. The Morgan fingerprint density at radius 3 is 2.61 bits per heavy atom. The molecule has 0 bridgehead atoms. The topological polar surface area (TPSA) is 54.2 Å². The maximum Gasteiger partial charge on any atom is 0.122 e. The molecule has 1 fully saturated rings. The van der Waals surface area contributed by atoms with Gasteiger partial charge in [0.25, 0.3) is 0 Å². The molecule has 5 nitrogen and oxygen atoms in total. The maximum absolute atomic E-state index is 4.78. The first kappa shape index (κ1) is 13.5. The lowest BCUT2D eigenvalue weighted by Gasteiger charge is -2.32. The molecule has 1 aliphatic rings. The second-order valence-corrected chi connectivity index (χ2v) is 5.51. The highest BCUT2D eigenvalue weighted by atomic mass is 16.6. The zero-order chi connectivity index (χ0) is 13.0. The molecule has 1 saturated heterocycles. The highest BCUT2D eigenvalue weighted by Gasteiger charge is 2.20. The van der Waals surface area contributed by atoms with Crippen molar-refractivity contribution in [2.75, 3.05) is 19.6 Å². The molecule has 5 heteroatoms. The summed E-state index contributed by atoms with van der Waals surface area (Å²) in [5.74, 6) is 0.800. The molecule has 2 rings (SSSR count). The standard InChI is InChI=1S/C13H24N4O/c1-10(2)17(8-12-4-6-14-7-5-12)9-13-11(3)15-18-16-13/h10,12,14H,4-9H2,1-3H3. The smallest absolute Gasteiger partial charge is 0.122 e. The first-order valence-electron chi connectivity index (χ1n) is 6.89. The Morgan fingerprint density at radius 2 is 2.06 bits per heavy atom. The highest BCUT2D eigenvalue weighted by molar-refractivity contribution is 5.04. The predicted octanol–water partition coefficient (Wildman–Crippen LogP) is 1.59. The molecule has 0 aromatic carbocycles. The summed E-state index contributed by atoms with van der Waals surface area (Å²) in [5.41, 5.74) is 1.88. The Balaban J connectivity index is 1.93. The normalized spacial score (nSPS) is 17.8. The highest BCUT2D eigenvalue weighted by Crippen LogP contribution is 2.17. The Morgan fingerprint density at radius 1 is 1.33 bits per heavy atom. The van der Waals surface area contributed by atoms with Crippen molar-refractivity contribution in [1.29, 1.82) is 0 Å². The van der Waals surface area contributed by atoms with E-state index in [0.29, 0.717) is 6.04 Å². The van der Waals surface area contributed by atoms with Crippen LogP contribution in [0, 0.1) is 12.8 Å². The summed E-state index contributed by atoms with van der Waals surface area (Å²) >= 11 is 0. The number of aromatic nitrogens is 2. The monoisotopic (exact) mass is 252 g/mol. The molecule has 102 valence electrons. The fraction of sp³-hybridized carbons (Fsp3) is 0.846. The van der Waals surface area contributed by atoms with Gasteiger partial charge in [0.1, 0.15) is 11.4 Å². The molecule has 0 saturated carbocycles. The summed E-state index contributed by atoms with van der Waals surface area (Å²) in [6, 6.07) is 0.524. The Hall–Kier alpha value is -0.940. The van der Waals surface area contributed by atoms with Crippen LogP contribution in [0.3, 0.4) is 0 Å². The minimum Gasteiger partial charge on any atom is -0.317 e. The Bertz CT molecular complexity index is 358. The molecule has 0 aliphatic carbocycles. The largest absolute Gasteiger partial charge is 0.317 e. The number of nitrogens with one attached hydrogen (secondary N) is 1. The Kier molecular flexibility index (Phi) is 4.72. The van der Waals surface area contributed by atoms with Crippen LogP contribution >= 0.6 is 0 Å². The van der Waals surface area contributed by atoms with Gasteiger partial charge in [0, 0.05) is 19.1 Å². The van der Waals surface area contributed by atoms with Crippen LogP contribution in [0.5, 0.6) is 0 Å². The lowest BCUT2D eigenvalue weighted by atomic mass is 9.97. The van der Waals surface area contributed by atoms with Crippen LogP contribution in [0.25, 0.3) is 0 Å². The zero-order valence-corrected chi connectivity index (χ0v) is 11.6. The van der Waals surface area contributed by atoms with Gasteiger partial charge < -0.3 is 5.32 Å². The third-order valence-corrected chi connectivity index (χ3v) is 3.78. The predicted molar refractivity (Wildman–Crippen MR) is 70.2 cm³/mol. The third kappa shape index (κ3) is 3.53. The molecule has 2 heterocycles. The lowest BCUT2D eigenvalue weighted by Crippen LogP contribution is -2.39. The number of hydrogen-bond acceptors (Lipinski definition) is 5. The van der Waals surface area contributed by atoms with Crippen molar-refractivity contribution < 1.29 is 4.63 Å². The van der Waals surface area contributed by atoms with E-state index in [1.165, 1.54) is 12.8 Å². The van der Waals surface area contributed by atoms with Gasteiger partial charge in [0.15, 0.2) is 0 Å². The molecule has 0 amide bonds. The fourth-order valence-electron chi connectivity index (χ4n) is 2.44. The zero-order valence-electron chi connectivity index (χ0n) is 11.6. The van der Waals surface area contributed by atoms with Gasteiger partial charge in [-0.2, -0.15) is 0 Å². The number of nitrogens with zero attached hydrogens (tertiary/aromatic N) is 3. The molecule has 1 aliphatic heterocycles. The van der Waals surface area contributed by atoms with E-state index in [1.54, 1.807) is 0 Å². The van der Waals surface area contributed by atoms with E-state index >= 15 is 0 Å². The van der Waals surface area contributed by atoms with E-state index in [9.17, 15) is 0 Å². The summed E-state index contributed by atoms with van der Waals surface area (Å²) in [6.07, 6.45) is 2.55. The van der Waals surface area contributed by atoms with Gasteiger partial charge in [-0.15, -0.1) is 0 Å². The van der Waals surface area contributed by atoms with Crippen LogP contribution in [0.1, 0.15) is 38.1 Å². The van der Waals surface area contributed by atoms with Gasteiger partial charge >= 0.3 is 0 Å². The van der Waals surface area contributed by atoms with Crippen molar-refractivity contribution in [3.05, 3.63) is 11.4 Å². The van der Waals surface area contributed by atoms with Gasteiger partial charge in [0.05, 0.1) is 0 Å². The molecular weight excluding hydrogens is 228 g/mol. The van der Waals surface area contributed by atoms with Crippen molar-refractivity contribution in [1.82, 2.24) is 20.5 Å². The number of piperidine rings is 1. The Labute approximate surface area is 109 Å². The summed E-state index contributed by atoms with van der Waals surface area (Å²) < 4.78 is 4.78.